The van der Waals surface area contributed by atoms with Crippen molar-refractivity contribution in [2.75, 3.05) is 5.32 Å². The highest BCUT2D eigenvalue weighted by atomic mass is 32.1. The Hall–Kier alpha value is -3.00. The number of azo groups is 1. The van der Waals surface area contributed by atoms with Crippen molar-refractivity contribution >= 4 is 39.7 Å². The van der Waals surface area contributed by atoms with Crippen LogP contribution >= 0.6 is 12.2 Å². The van der Waals surface area contributed by atoms with Crippen LogP contribution < -0.4 is 11.1 Å². The van der Waals surface area contributed by atoms with Crippen LogP contribution in [0.1, 0.15) is 5.56 Å². The number of hydrogen-bond acceptors (Lipinski definition) is 5. The summed E-state index contributed by atoms with van der Waals surface area (Å²) in [7, 11) is 0. The Morgan fingerprint density at radius 2 is 2.12 bits per heavy atom. The zero-order chi connectivity index (χ0) is 17.1. The summed E-state index contributed by atoms with van der Waals surface area (Å²) >= 11 is 4.70. The number of aromatic nitrogens is 2. The molecule has 122 valence electrons. The second-order valence-electron chi connectivity index (χ2n) is 5.21. The number of rotatable bonds is 4. The summed E-state index contributed by atoms with van der Waals surface area (Å²) in [6.07, 6.45) is 1.78. The summed E-state index contributed by atoms with van der Waals surface area (Å²) in [5, 5.41) is 22.0. The lowest BCUT2D eigenvalue weighted by Crippen LogP contribution is -2.08. The summed E-state index contributed by atoms with van der Waals surface area (Å²) in [5.41, 5.74) is 7.57. The molecule has 3 rings (SSSR count). The third-order valence-corrected chi connectivity index (χ3v) is 3.58. The molecule has 0 atom stereocenters. The van der Waals surface area contributed by atoms with E-state index in [0.29, 0.717) is 18.2 Å². The number of aromatic hydroxyl groups is 1. The molecule has 0 spiro atoms. The fraction of sp³-hybridized carbons (Fsp3) is 0.125. The zero-order valence-electron chi connectivity index (χ0n) is 13.0. The Balaban J connectivity index is 1.96. The van der Waals surface area contributed by atoms with Crippen LogP contribution in [0.3, 0.4) is 0 Å². The number of benzene rings is 1. The summed E-state index contributed by atoms with van der Waals surface area (Å²) in [4.78, 5) is 4.29. The van der Waals surface area contributed by atoms with Crippen molar-refractivity contribution in [1.29, 1.82) is 0 Å². The van der Waals surface area contributed by atoms with Crippen molar-refractivity contribution in [3.05, 3.63) is 48.2 Å². The highest BCUT2D eigenvalue weighted by molar-refractivity contribution is 7.80. The van der Waals surface area contributed by atoms with Crippen LogP contribution in [0.4, 0.5) is 11.5 Å². The maximum absolute atomic E-state index is 10.5. The van der Waals surface area contributed by atoms with Crippen LogP contribution in [0.25, 0.3) is 10.9 Å². The third-order valence-electron chi connectivity index (χ3n) is 3.50. The van der Waals surface area contributed by atoms with Crippen LogP contribution in [0.2, 0.25) is 0 Å². The lowest BCUT2D eigenvalue weighted by Gasteiger charge is -2.09. The smallest absolute Gasteiger partial charge is 0.222 e. The predicted octanol–water partition coefficient (Wildman–Crippen LogP) is 3.45. The van der Waals surface area contributed by atoms with E-state index in [-0.39, 0.29) is 11.0 Å². The molecule has 2 aromatic heterocycles. The van der Waals surface area contributed by atoms with Gasteiger partial charge in [-0.2, -0.15) is 0 Å². The zero-order valence-corrected chi connectivity index (χ0v) is 13.8. The third kappa shape index (κ3) is 3.18. The SMILES string of the molecule is Cc1ccc(NCn2c(O)c(N=NC(N)=S)c3ccccc32)nc1. The number of pyridine rings is 1. The molecule has 0 aliphatic rings. The van der Waals surface area contributed by atoms with E-state index in [1.54, 1.807) is 10.8 Å². The van der Waals surface area contributed by atoms with Gasteiger partial charge in [0.1, 0.15) is 5.82 Å². The van der Waals surface area contributed by atoms with Gasteiger partial charge < -0.3 is 16.2 Å². The van der Waals surface area contributed by atoms with Crippen molar-refractivity contribution in [2.45, 2.75) is 13.6 Å². The molecule has 8 heteroatoms. The number of nitrogens with one attached hydrogen (secondary N) is 1. The number of thiocarbonyl (C=S) groups is 1. The molecule has 7 nitrogen and oxygen atoms in total. The standard InChI is InChI=1S/C16H16N6OS/c1-10-6-7-13(18-8-10)19-9-22-12-5-3-2-4-11(12)14(15(22)23)20-21-16(17)24/h2-8,23H,9H2,1H3,(H2,17,24)(H,18,19). The van der Waals surface area contributed by atoms with Crippen molar-refractivity contribution in [3.63, 3.8) is 0 Å². The van der Waals surface area contributed by atoms with E-state index < -0.39 is 0 Å². The van der Waals surface area contributed by atoms with Gasteiger partial charge in [0.05, 0.1) is 12.2 Å². The first-order chi connectivity index (χ1) is 11.6. The molecule has 0 fully saturated rings. The minimum Gasteiger partial charge on any atom is -0.493 e. The molecule has 0 bridgehead atoms. The number of para-hydroxylation sites is 1. The van der Waals surface area contributed by atoms with Crippen molar-refractivity contribution < 1.29 is 5.11 Å². The molecule has 1 aromatic carbocycles. The minimum absolute atomic E-state index is 0.0178. The fourth-order valence-corrected chi connectivity index (χ4v) is 2.40. The lowest BCUT2D eigenvalue weighted by atomic mass is 10.2. The Morgan fingerprint density at radius 1 is 1.33 bits per heavy atom. The molecule has 0 saturated heterocycles. The van der Waals surface area contributed by atoms with Crippen LogP contribution in [0.15, 0.2) is 52.8 Å². The van der Waals surface area contributed by atoms with Gasteiger partial charge >= 0.3 is 0 Å². The van der Waals surface area contributed by atoms with Gasteiger partial charge in [-0.1, -0.05) is 24.3 Å². The van der Waals surface area contributed by atoms with E-state index in [9.17, 15) is 5.11 Å². The normalized spacial score (nSPS) is 11.2. The van der Waals surface area contributed by atoms with Crippen LogP contribution in [0, 0.1) is 6.92 Å². The Labute approximate surface area is 143 Å². The number of nitrogens with two attached hydrogens (primary N) is 1. The number of fused-ring (bicyclic) bond motifs is 1. The average molecular weight is 340 g/mol. The molecule has 3 aromatic rings. The van der Waals surface area contributed by atoms with Gasteiger partial charge in [0, 0.05) is 11.6 Å². The first kappa shape index (κ1) is 15.9. The molecule has 0 amide bonds. The molecule has 0 aliphatic heterocycles. The molecule has 2 heterocycles. The van der Waals surface area contributed by atoms with E-state index in [2.05, 4.69) is 20.5 Å². The lowest BCUT2D eigenvalue weighted by molar-refractivity contribution is 0.428. The average Bonchev–Trinajstić information content (AvgIpc) is 2.84. The largest absolute Gasteiger partial charge is 0.493 e. The number of aryl methyl sites for hydroxylation is 1. The van der Waals surface area contributed by atoms with E-state index >= 15 is 0 Å². The van der Waals surface area contributed by atoms with Gasteiger partial charge in [-0.3, -0.25) is 4.57 Å². The summed E-state index contributed by atoms with van der Waals surface area (Å²) in [6.45, 7) is 2.30. The van der Waals surface area contributed by atoms with E-state index in [4.69, 9.17) is 18.0 Å². The molecular formula is C16H16N6OS. The molecule has 24 heavy (non-hydrogen) atoms. The van der Waals surface area contributed by atoms with Gasteiger partial charge in [-0.15, -0.1) is 10.2 Å². The highest BCUT2D eigenvalue weighted by Crippen LogP contribution is 2.38. The van der Waals surface area contributed by atoms with Gasteiger partial charge in [-0.05, 0) is 36.8 Å². The quantitative estimate of drug-likeness (QED) is 0.499. The highest BCUT2D eigenvalue weighted by Gasteiger charge is 2.16. The van der Waals surface area contributed by atoms with Gasteiger partial charge in [-0.25, -0.2) is 4.98 Å². The minimum atomic E-state index is -0.0896. The summed E-state index contributed by atoms with van der Waals surface area (Å²) in [5.74, 6) is 0.694. The number of hydrogen-bond donors (Lipinski definition) is 3. The van der Waals surface area contributed by atoms with Crippen LogP contribution in [-0.2, 0) is 6.67 Å². The van der Waals surface area contributed by atoms with E-state index in [0.717, 1.165) is 16.5 Å². The summed E-state index contributed by atoms with van der Waals surface area (Å²) < 4.78 is 1.69. The van der Waals surface area contributed by atoms with Crippen molar-refractivity contribution in [1.82, 2.24) is 9.55 Å². The van der Waals surface area contributed by atoms with Gasteiger partial charge in [0.25, 0.3) is 0 Å². The summed E-state index contributed by atoms with van der Waals surface area (Å²) in [6, 6.07) is 11.3. The first-order valence-corrected chi connectivity index (χ1v) is 7.65. The maximum atomic E-state index is 10.5. The maximum Gasteiger partial charge on any atom is 0.222 e. The van der Waals surface area contributed by atoms with E-state index in [1.807, 2.05) is 43.3 Å². The molecule has 0 unspecified atom stereocenters. The molecule has 0 aliphatic carbocycles. The van der Waals surface area contributed by atoms with E-state index in [1.165, 1.54) is 0 Å². The van der Waals surface area contributed by atoms with Crippen LogP contribution in [-0.4, -0.2) is 19.8 Å². The topological polar surface area (TPSA) is 101 Å². The van der Waals surface area contributed by atoms with Gasteiger partial charge in [0.15, 0.2) is 5.69 Å². The fourth-order valence-electron chi connectivity index (χ4n) is 2.36. The van der Waals surface area contributed by atoms with Crippen molar-refractivity contribution in [2.24, 2.45) is 16.0 Å². The Bertz CT molecular complexity index is 916. The number of anilines is 1. The van der Waals surface area contributed by atoms with Crippen molar-refractivity contribution in [3.8, 4) is 5.88 Å². The van der Waals surface area contributed by atoms with Gasteiger partial charge in [0.2, 0.25) is 11.0 Å². The Kier molecular flexibility index (Phi) is 4.39. The molecule has 0 saturated carbocycles. The predicted molar refractivity (Wildman–Crippen MR) is 97.5 cm³/mol. The molecular weight excluding hydrogens is 324 g/mol. The molecule has 0 radical (unpaired) electrons. The second-order valence-corrected chi connectivity index (χ2v) is 5.63. The van der Waals surface area contributed by atoms with Crippen LogP contribution in [0.5, 0.6) is 5.88 Å². The monoisotopic (exact) mass is 340 g/mol. The second kappa shape index (κ2) is 6.63. The first-order valence-electron chi connectivity index (χ1n) is 7.24. The molecule has 4 N–H and O–H groups in total. The Morgan fingerprint density at radius 3 is 2.83 bits per heavy atom. The number of nitrogens with zero attached hydrogens (tertiary/aromatic N) is 4.